The molecule has 0 bridgehead atoms. The fraction of sp³-hybridized carbons (Fsp3) is 0.579. The van der Waals surface area contributed by atoms with Gasteiger partial charge in [-0.3, -0.25) is 9.59 Å². The average molecular weight is 364 g/mol. The first-order valence-electron chi connectivity index (χ1n) is 8.99. The molecule has 7 nitrogen and oxygen atoms in total. The smallest absolute Gasteiger partial charge is 0.220 e. The lowest BCUT2D eigenvalue weighted by Gasteiger charge is -2.27. The largest absolute Gasteiger partial charge is 0.497 e. The number of carbonyl (C=O) groups is 2. The first kappa shape index (κ1) is 20.0. The molecule has 0 aromatic heterocycles. The van der Waals surface area contributed by atoms with E-state index in [2.05, 4.69) is 10.6 Å². The van der Waals surface area contributed by atoms with Crippen LogP contribution in [0.5, 0.6) is 11.5 Å². The van der Waals surface area contributed by atoms with Crippen LogP contribution in [0.25, 0.3) is 0 Å². The quantitative estimate of drug-likeness (QED) is 0.583. The van der Waals surface area contributed by atoms with Crippen LogP contribution < -0.4 is 20.1 Å². The summed E-state index contributed by atoms with van der Waals surface area (Å²) in [6.07, 6.45) is 2.22. The van der Waals surface area contributed by atoms with Gasteiger partial charge in [0.1, 0.15) is 24.2 Å². The minimum atomic E-state index is -0.809. The number of methoxy groups -OCH3 is 1. The molecule has 2 amide bonds. The van der Waals surface area contributed by atoms with E-state index in [1.165, 1.54) is 0 Å². The van der Waals surface area contributed by atoms with Gasteiger partial charge in [-0.05, 0) is 31.4 Å². The lowest BCUT2D eigenvalue weighted by molar-refractivity contribution is -0.123. The van der Waals surface area contributed by atoms with E-state index in [0.29, 0.717) is 30.8 Å². The summed E-state index contributed by atoms with van der Waals surface area (Å²) in [6, 6.07) is 7.10. The Balaban J connectivity index is 1.67. The molecule has 1 saturated heterocycles. The number of hydrogen-bond donors (Lipinski definition) is 3. The maximum Gasteiger partial charge on any atom is 0.220 e. The van der Waals surface area contributed by atoms with Gasteiger partial charge in [0.2, 0.25) is 11.8 Å². The van der Waals surface area contributed by atoms with Crippen LogP contribution in [0.1, 0.15) is 39.0 Å². The number of aliphatic hydroxyl groups excluding tert-OH is 1. The van der Waals surface area contributed by atoms with E-state index < -0.39 is 6.10 Å². The lowest BCUT2D eigenvalue weighted by atomic mass is 9.89. The summed E-state index contributed by atoms with van der Waals surface area (Å²) in [5, 5.41) is 15.7. The van der Waals surface area contributed by atoms with Crippen molar-refractivity contribution in [2.24, 2.45) is 0 Å². The summed E-state index contributed by atoms with van der Waals surface area (Å²) in [5.74, 6) is 1.18. The Bertz CT molecular complexity index is 622. The topological polar surface area (TPSA) is 96.9 Å². The second-order valence-corrected chi connectivity index (χ2v) is 6.63. The van der Waals surface area contributed by atoms with Crippen LogP contribution in [-0.4, -0.2) is 48.8 Å². The molecule has 3 N–H and O–H groups in total. The zero-order valence-electron chi connectivity index (χ0n) is 15.4. The third-order valence-electron chi connectivity index (χ3n) is 4.76. The third-order valence-corrected chi connectivity index (χ3v) is 4.76. The van der Waals surface area contributed by atoms with Gasteiger partial charge in [-0.15, -0.1) is 0 Å². The van der Waals surface area contributed by atoms with Crippen molar-refractivity contribution in [1.82, 2.24) is 10.6 Å². The Morgan fingerprint density at radius 2 is 2.19 bits per heavy atom. The second-order valence-electron chi connectivity index (χ2n) is 6.63. The molecule has 1 aromatic rings. The van der Waals surface area contributed by atoms with Gasteiger partial charge in [0, 0.05) is 31.0 Å². The summed E-state index contributed by atoms with van der Waals surface area (Å²) in [5.41, 5.74) is -0.261. The van der Waals surface area contributed by atoms with Crippen LogP contribution in [0.15, 0.2) is 24.3 Å². The van der Waals surface area contributed by atoms with E-state index in [1.54, 1.807) is 31.4 Å². The SMILES string of the molecule is CC[C@@]1(CCC(=O)NC[C@H](O)COc2cccc(OC)c2)CCC(=O)N1. The molecule has 0 radical (unpaired) electrons. The van der Waals surface area contributed by atoms with Gasteiger partial charge in [-0.25, -0.2) is 0 Å². The standard InChI is InChI=1S/C19H28N2O5/c1-3-19(10-8-18(24)21-19)9-7-17(23)20-12-14(22)13-26-16-6-4-5-15(11-16)25-2/h4-6,11,14,22H,3,7-10,12-13H2,1-2H3,(H,20,23)(H,21,24)/t14-,19+/m0/s1. The fourth-order valence-electron chi connectivity index (χ4n) is 3.02. The Labute approximate surface area is 154 Å². The Morgan fingerprint density at radius 3 is 2.85 bits per heavy atom. The summed E-state index contributed by atoms with van der Waals surface area (Å²) in [7, 11) is 1.57. The normalized spacial score (nSPS) is 20.3. The lowest BCUT2D eigenvalue weighted by Crippen LogP contribution is -2.42. The molecule has 0 unspecified atom stereocenters. The number of hydrogen-bond acceptors (Lipinski definition) is 5. The van der Waals surface area contributed by atoms with Gasteiger partial charge in [-0.1, -0.05) is 13.0 Å². The molecule has 0 saturated carbocycles. The molecule has 0 aliphatic carbocycles. The maximum atomic E-state index is 12.0. The Hall–Kier alpha value is -2.28. The van der Waals surface area contributed by atoms with Crippen LogP contribution >= 0.6 is 0 Å². The van der Waals surface area contributed by atoms with Gasteiger partial charge >= 0.3 is 0 Å². The van der Waals surface area contributed by atoms with Crippen LogP contribution in [0.4, 0.5) is 0 Å². The molecule has 144 valence electrons. The number of nitrogens with one attached hydrogen (secondary N) is 2. The summed E-state index contributed by atoms with van der Waals surface area (Å²) in [6.45, 7) is 2.21. The molecule has 7 heteroatoms. The Morgan fingerprint density at radius 1 is 1.42 bits per heavy atom. The van der Waals surface area contributed by atoms with E-state index in [1.807, 2.05) is 6.92 Å². The van der Waals surface area contributed by atoms with E-state index >= 15 is 0 Å². The summed E-state index contributed by atoms with van der Waals surface area (Å²) < 4.78 is 10.6. The molecule has 1 aliphatic heterocycles. The van der Waals surface area contributed by atoms with E-state index in [0.717, 1.165) is 12.8 Å². The first-order chi connectivity index (χ1) is 12.5. The van der Waals surface area contributed by atoms with Gasteiger partial charge in [0.25, 0.3) is 0 Å². The van der Waals surface area contributed by atoms with Crippen LogP contribution in [0.2, 0.25) is 0 Å². The van der Waals surface area contributed by atoms with Gasteiger partial charge in [0.15, 0.2) is 0 Å². The van der Waals surface area contributed by atoms with Crippen molar-refractivity contribution in [2.45, 2.75) is 50.7 Å². The van der Waals surface area contributed by atoms with Crippen molar-refractivity contribution >= 4 is 11.8 Å². The van der Waals surface area contributed by atoms with Crippen LogP contribution in [0, 0.1) is 0 Å². The maximum absolute atomic E-state index is 12.0. The van der Waals surface area contributed by atoms with Crippen LogP contribution in [0.3, 0.4) is 0 Å². The van der Waals surface area contributed by atoms with Crippen molar-refractivity contribution in [3.05, 3.63) is 24.3 Å². The highest BCUT2D eigenvalue weighted by Crippen LogP contribution is 2.28. The van der Waals surface area contributed by atoms with E-state index in [-0.39, 0.29) is 30.5 Å². The minimum Gasteiger partial charge on any atom is -0.497 e. The van der Waals surface area contributed by atoms with Crippen LogP contribution in [-0.2, 0) is 9.59 Å². The highest BCUT2D eigenvalue weighted by Gasteiger charge is 2.35. The van der Waals surface area contributed by atoms with Gasteiger partial charge in [-0.2, -0.15) is 0 Å². The highest BCUT2D eigenvalue weighted by atomic mass is 16.5. The third kappa shape index (κ3) is 5.91. The molecular weight excluding hydrogens is 336 g/mol. The molecule has 2 rings (SSSR count). The number of benzene rings is 1. The number of aliphatic hydroxyl groups is 1. The van der Waals surface area contributed by atoms with Crippen molar-refractivity contribution in [3.8, 4) is 11.5 Å². The first-order valence-corrected chi connectivity index (χ1v) is 8.99. The molecule has 1 aliphatic rings. The highest BCUT2D eigenvalue weighted by molar-refractivity contribution is 5.80. The number of rotatable bonds is 10. The monoisotopic (exact) mass is 364 g/mol. The second kappa shape index (κ2) is 9.43. The van der Waals surface area contributed by atoms with Crippen molar-refractivity contribution in [2.75, 3.05) is 20.3 Å². The minimum absolute atomic E-state index is 0.0531. The van der Waals surface area contributed by atoms with E-state index in [9.17, 15) is 14.7 Å². The summed E-state index contributed by atoms with van der Waals surface area (Å²) >= 11 is 0. The summed E-state index contributed by atoms with van der Waals surface area (Å²) in [4.78, 5) is 23.4. The van der Waals surface area contributed by atoms with Crippen molar-refractivity contribution in [3.63, 3.8) is 0 Å². The number of carbonyl (C=O) groups excluding carboxylic acids is 2. The number of amides is 2. The van der Waals surface area contributed by atoms with Gasteiger partial charge < -0.3 is 25.2 Å². The average Bonchev–Trinajstić information content (AvgIpc) is 3.04. The zero-order valence-corrected chi connectivity index (χ0v) is 15.4. The Kier molecular flexibility index (Phi) is 7.26. The van der Waals surface area contributed by atoms with Crippen molar-refractivity contribution < 1.29 is 24.2 Å². The molecule has 1 fully saturated rings. The molecule has 0 spiro atoms. The molecule has 2 atom stereocenters. The molecule has 1 aromatic carbocycles. The predicted molar refractivity (Wildman–Crippen MR) is 97.1 cm³/mol. The molecule has 26 heavy (non-hydrogen) atoms. The fourth-order valence-corrected chi connectivity index (χ4v) is 3.02. The molecular formula is C19H28N2O5. The molecule has 1 heterocycles. The zero-order chi connectivity index (χ0) is 19.0. The van der Waals surface area contributed by atoms with Crippen molar-refractivity contribution in [1.29, 1.82) is 0 Å². The van der Waals surface area contributed by atoms with Gasteiger partial charge in [0.05, 0.1) is 7.11 Å². The van der Waals surface area contributed by atoms with E-state index in [4.69, 9.17) is 9.47 Å². The predicted octanol–water partition coefficient (Wildman–Crippen LogP) is 1.39. The number of ether oxygens (including phenoxy) is 2.